The highest BCUT2D eigenvalue weighted by Crippen LogP contribution is 2.33. The Labute approximate surface area is 255 Å². The van der Waals surface area contributed by atoms with Crippen LogP contribution in [0.2, 0.25) is 20.1 Å². The molecule has 3 aromatic rings. The lowest BCUT2D eigenvalue weighted by molar-refractivity contribution is -0.139. The average Bonchev–Trinajstić information content (AvgIpc) is 2.92. The van der Waals surface area contributed by atoms with Gasteiger partial charge in [0, 0.05) is 18.1 Å². The fourth-order valence-corrected chi connectivity index (χ4v) is 6.02. The van der Waals surface area contributed by atoms with Gasteiger partial charge in [-0.3, -0.25) is 13.9 Å². The quantitative estimate of drug-likeness (QED) is 0.250. The fraction of sp³-hybridized carbons (Fsp3) is 0.286. The Hall–Kier alpha value is -2.49. The smallest absolute Gasteiger partial charge is 0.264 e. The Bertz CT molecular complexity index is 1480. The van der Waals surface area contributed by atoms with Crippen molar-refractivity contribution in [3.05, 3.63) is 91.9 Å². The van der Waals surface area contributed by atoms with Crippen LogP contribution in [0.15, 0.2) is 65.6 Å². The summed E-state index contributed by atoms with van der Waals surface area (Å²) in [5, 5.41) is 3.72. The third-order valence-corrected chi connectivity index (χ3v) is 9.19. The number of aryl methyl sites for hydroxylation is 1. The molecule has 3 rings (SSSR count). The largest absolute Gasteiger partial charge is 0.354 e. The SMILES string of the molecule is CCCNC(=O)C(C)N(Cc1ccc(Cl)c(Cl)c1)C(=O)CN(c1cc(Cl)ccc1Cl)S(=O)(=O)c1ccc(C)cc1. The van der Waals surface area contributed by atoms with Crippen molar-refractivity contribution in [3.8, 4) is 0 Å². The zero-order valence-electron chi connectivity index (χ0n) is 22.1. The number of rotatable bonds is 11. The molecule has 2 amide bonds. The van der Waals surface area contributed by atoms with Gasteiger partial charge in [-0.05, 0) is 68.3 Å². The van der Waals surface area contributed by atoms with Gasteiger partial charge in [0.2, 0.25) is 11.8 Å². The first-order chi connectivity index (χ1) is 18.8. The number of nitrogens with one attached hydrogen (secondary N) is 1. The first-order valence-electron chi connectivity index (χ1n) is 12.4. The molecule has 12 heteroatoms. The molecule has 0 spiro atoms. The van der Waals surface area contributed by atoms with Crippen LogP contribution < -0.4 is 9.62 Å². The van der Waals surface area contributed by atoms with E-state index in [-0.39, 0.29) is 38.1 Å². The van der Waals surface area contributed by atoms with E-state index in [0.29, 0.717) is 23.6 Å². The highest BCUT2D eigenvalue weighted by atomic mass is 35.5. The zero-order chi connectivity index (χ0) is 29.6. The van der Waals surface area contributed by atoms with E-state index in [1.54, 1.807) is 37.3 Å². The van der Waals surface area contributed by atoms with Gasteiger partial charge in [-0.2, -0.15) is 0 Å². The van der Waals surface area contributed by atoms with Crippen LogP contribution in [0.5, 0.6) is 0 Å². The van der Waals surface area contributed by atoms with Crippen LogP contribution in [0.3, 0.4) is 0 Å². The predicted octanol–water partition coefficient (Wildman–Crippen LogP) is 6.75. The summed E-state index contributed by atoms with van der Waals surface area (Å²) < 4.78 is 28.7. The van der Waals surface area contributed by atoms with Crippen molar-refractivity contribution in [1.29, 1.82) is 0 Å². The third-order valence-electron chi connectivity index (χ3n) is 6.12. The Kier molecular flexibility index (Phi) is 11.1. The summed E-state index contributed by atoms with van der Waals surface area (Å²) in [6.07, 6.45) is 0.703. The zero-order valence-corrected chi connectivity index (χ0v) is 26.0. The van der Waals surface area contributed by atoms with Crippen molar-refractivity contribution in [2.75, 3.05) is 17.4 Å². The second kappa shape index (κ2) is 13.9. The van der Waals surface area contributed by atoms with Crippen LogP contribution in [-0.4, -0.2) is 44.3 Å². The number of benzene rings is 3. The second-order valence-electron chi connectivity index (χ2n) is 9.16. The van der Waals surface area contributed by atoms with E-state index >= 15 is 0 Å². The highest BCUT2D eigenvalue weighted by Gasteiger charge is 2.33. The maximum atomic E-state index is 13.9. The molecule has 1 atom stereocenters. The summed E-state index contributed by atoms with van der Waals surface area (Å²) in [6, 6.07) is 14.5. The van der Waals surface area contributed by atoms with Crippen molar-refractivity contribution in [3.63, 3.8) is 0 Å². The predicted molar refractivity (Wildman–Crippen MR) is 162 cm³/mol. The van der Waals surface area contributed by atoms with Gasteiger partial charge in [0.15, 0.2) is 0 Å². The molecule has 0 fully saturated rings. The van der Waals surface area contributed by atoms with E-state index < -0.39 is 28.5 Å². The minimum Gasteiger partial charge on any atom is -0.354 e. The van der Waals surface area contributed by atoms with Crippen molar-refractivity contribution in [2.45, 2.75) is 44.7 Å². The van der Waals surface area contributed by atoms with Gasteiger partial charge in [0.1, 0.15) is 12.6 Å². The maximum Gasteiger partial charge on any atom is 0.264 e. The molecule has 0 heterocycles. The monoisotopic (exact) mass is 643 g/mol. The number of carbonyl (C=O) groups excluding carboxylic acids is 2. The summed E-state index contributed by atoms with van der Waals surface area (Å²) >= 11 is 24.9. The molecule has 0 aromatic heterocycles. The molecule has 0 aliphatic carbocycles. The first kappa shape index (κ1) is 32.0. The second-order valence-corrected chi connectivity index (χ2v) is 12.7. The molecular formula is C28H29Cl4N3O4S. The van der Waals surface area contributed by atoms with Crippen LogP contribution in [0, 0.1) is 6.92 Å². The first-order valence-corrected chi connectivity index (χ1v) is 15.4. The maximum absolute atomic E-state index is 13.9. The van der Waals surface area contributed by atoms with Crippen molar-refractivity contribution >= 4 is 73.9 Å². The standard InChI is InChI=1S/C28H29Cl4N3O4S/c1-4-13-33-28(37)19(3)34(16-20-7-11-23(30)25(32)14-20)27(36)17-35(26-15-21(29)8-12-24(26)31)40(38,39)22-9-5-18(2)6-10-22/h5-12,14-15,19H,4,13,16-17H2,1-3H3,(H,33,37). The van der Waals surface area contributed by atoms with Crippen LogP contribution in [0.1, 0.15) is 31.4 Å². The van der Waals surface area contributed by atoms with Crippen molar-refractivity contribution in [1.82, 2.24) is 10.2 Å². The Morgan fingerprint density at radius 3 is 2.17 bits per heavy atom. The molecular weight excluding hydrogens is 616 g/mol. The van der Waals surface area contributed by atoms with E-state index in [1.807, 2.05) is 13.8 Å². The molecule has 0 bridgehead atoms. The number of sulfonamides is 1. The Morgan fingerprint density at radius 2 is 1.55 bits per heavy atom. The van der Waals surface area contributed by atoms with Crippen molar-refractivity contribution in [2.24, 2.45) is 0 Å². The number of carbonyl (C=O) groups is 2. The van der Waals surface area contributed by atoms with E-state index in [0.717, 1.165) is 9.87 Å². The number of halogens is 4. The van der Waals surface area contributed by atoms with Gasteiger partial charge in [-0.25, -0.2) is 8.42 Å². The third kappa shape index (κ3) is 7.83. The van der Waals surface area contributed by atoms with Gasteiger partial charge in [0.25, 0.3) is 10.0 Å². The highest BCUT2D eigenvalue weighted by molar-refractivity contribution is 7.92. The minimum atomic E-state index is -4.28. The lowest BCUT2D eigenvalue weighted by Gasteiger charge is -2.32. The number of nitrogens with zero attached hydrogens (tertiary/aromatic N) is 2. The molecule has 0 aliphatic rings. The summed E-state index contributed by atoms with van der Waals surface area (Å²) in [5.74, 6) is -1.03. The molecule has 1 N–H and O–H groups in total. The lowest BCUT2D eigenvalue weighted by atomic mass is 10.1. The van der Waals surface area contributed by atoms with Gasteiger partial charge in [0.05, 0.1) is 25.7 Å². The topological polar surface area (TPSA) is 86.8 Å². The van der Waals surface area contributed by atoms with Crippen molar-refractivity contribution < 1.29 is 18.0 Å². The normalized spacial score (nSPS) is 12.1. The average molecular weight is 645 g/mol. The molecule has 0 radical (unpaired) electrons. The van der Waals surface area contributed by atoms with Crippen LogP contribution >= 0.6 is 46.4 Å². The summed E-state index contributed by atoms with van der Waals surface area (Å²) in [4.78, 5) is 28.1. The summed E-state index contributed by atoms with van der Waals surface area (Å²) in [7, 11) is -4.28. The van der Waals surface area contributed by atoms with Crippen LogP contribution in [0.4, 0.5) is 5.69 Å². The number of hydrogen-bond acceptors (Lipinski definition) is 4. The minimum absolute atomic E-state index is 0.0284. The molecule has 1 unspecified atom stereocenters. The number of hydrogen-bond donors (Lipinski definition) is 1. The van der Waals surface area contributed by atoms with E-state index in [1.165, 1.54) is 35.2 Å². The molecule has 7 nitrogen and oxygen atoms in total. The van der Waals surface area contributed by atoms with Gasteiger partial charge in [-0.15, -0.1) is 0 Å². The molecule has 3 aromatic carbocycles. The van der Waals surface area contributed by atoms with Gasteiger partial charge in [-0.1, -0.05) is 77.1 Å². The Balaban J connectivity index is 2.07. The van der Waals surface area contributed by atoms with E-state index in [2.05, 4.69) is 5.32 Å². The van der Waals surface area contributed by atoms with E-state index in [9.17, 15) is 18.0 Å². The summed E-state index contributed by atoms with van der Waals surface area (Å²) in [6.45, 7) is 5.06. The van der Waals surface area contributed by atoms with Gasteiger partial charge < -0.3 is 10.2 Å². The fourth-order valence-electron chi connectivity index (χ4n) is 3.84. The Morgan fingerprint density at radius 1 is 0.900 bits per heavy atom. The molecule has 214 valence electrons. The van der Waals surface area contributed by atoms with Crippen LogP contribution in [-0.2, 0) is 26.2 Å². The molecule has 0 saturated carbocycles. The lowest BCUT2D eigenvalue weighted by Crippen LogP contribution is -2.51. The molecule has 40 heavy (non-hydrogen) atoms. The molecule has 0 saturated heterocycles. The molecule has 0 aliphatic heterocycles. The number of amides is 2. The summed E-state index contributed by atoms with van der Waals surface area (Å²) in [5.41, 5.74) is 1.49. The van der Waals surface area contributed by atoms with Crippen LogP contribution in [0.25, 0.3) is 0 Å². The number of anilines is 1. The van der Waals surface area contributed by atoms with Gasteiger partial charge >= 0.3 is 0 Å². The van der Waals surface area contributed by atoms with E-state index in [4.69, 9.17) is 46.4 Å².